The SMILES string of the molecule is CC(C(=O)N1CCCCC1)N1CCCCC1C1CCCN1. The summed E-state index contributed by atoms with van der Waals surface area (Å²) < 4.78 is 0. The summed E-state index contributed by atoms with van der Waals surface area (Å²) in [5.41, 5.74) is 0. The van der Waals surface area contributed by atoms with Crippen LogP contribution in [0, 0.1) is 0 Å². The van der Waals surface area contributed by atoms with Gasteiger partial charge < -0.3 is 10.2 Å². The summed E-state index contributed by atoms with van der Waals surface area (Å²) in [7, 11) is 0. The molecule has 0 bridgehead atoms. The highest BCUT2D eigenvalue weighted by molar-refractivity contribution is 5.81. The van der Waals surface area contributed by atoms with Crippen molar-refractivity contribution < 1.29 is 4.79 Å². The zero-order valence-corrected chi connectivity index (χ0v) is 13.5. The van der Waals surface area contributed by atoms with Crippen LogP contribution in [0.1, 0.15) is 58.3 Å². The van der Waals surface area contributed by atoms with Crippen molar-refractivity contribution in [2.75, 3.05) is 26.2 Å². The van der Waals surface area contributed by atoms with E-state index in [0.717, 1.165) is 26.2 Å². The van der Waals surface area contributed by atoms with Gasteiger partial charge in [-0.05, 0) is 65.0 Å². The second-order valence-electron chi connectivity index (χ2n) is 7.07. The van der Waals surface area contributed by atoms with Crippen molar-refractivity contribution in [1.82, 2.24) is 15.1 Å². The minimum Gasteiger partial charge on any atom is -0.341 e. The number of carbonyl (C=O) groups excluding carboxylic acids is 1. The Kier molecular flexibility index (Phi) is 5.17. The number of piperidine rings is 2. The molecular weight excluding hydrogens is 262 g/mol. The van der Waals surface area contributed by atoms with E-state index in [-0.39, 0.29) is 6.04 Å². The average molecular weight is 293 g/mol. The lowest BCUT2D eigenvalue weighted by molar-refractivity contribution is -0.139. The van der Waals surface area contributed by atoms with Crippen molar-refractivity contribution in [3.8, 4) is 0 Å². The lowest BCUT2D eigenvalue weighted by atomic mass is 9.92. The second kappa shape index (κ2) is 7.10. The molecular formula is C17H31N3O. The molecule has 3 saturated heterocycles. The topological polar surface area (TPSA) is 35.6 Å². The third-order valence-electron chi connectivity index (χ3n) is 5.68. The monoisotopic (exact) mass is 293 g/mol. The molecule has 0 spiro atoms. The molecule has 0 aromatic rings. The fourth-order valence-corrected chi connectivity index (χ4v) is 4.45. The molecule has 3 unspecified atom stereocenters. The average Bonchev–Trinajstić information content (AvgIpc) is 3.08. The maximum absolute atomic E-state index is 12.8. The predicted octanol–water partition coefficient (Wildman–Crippen LogP) is 1.99. The number of nitrogens with zero attached hydrogens (tertiary/aromatic N) is 2. The zero-order valence-electron chi connectivity index (χ0n) is 13.5. The van der Waals surface area contributed by atoms with E-state index in [1.807, 2.05) is 0 Å². The predicted molar refractivity (Wildman–Crippen MR) is 85.3 cm³/mol. The first-order chi connectivity index (χ1) is 10.3. The zero-order chi connectivity index (χ0) is 14.7. The van der Waals surface area contributed by atoms with Crippen LogP contribution in [0.25, 0.3) is 0 Å². The Bertz CT molecular complexity index is 348. The van der Waals surface area contributed by atoms with Gasteiger partial charge in [-0.1, -0.05) is 6.42 Å². The van der Waals surface area contributed by atoms with Gasteiger partial charge in [0.25, 0.3) is 0 Å². The molecule has 1 amide bonds. The minimum atomic E-state index is 0.0656. The van der Waals surface area contributed by atoms with E-state index in [9.17, 15) is 4.79 Å². The molecule has 3 atom stereocenters. The number of rotatable bonds is 3. The molecule has 120 valence electrons. The van der Waals surface area contributed by atoms with Crippen molar-refractivity contribution in [2.24, 2.45) is 0 Å². The van der Waals surface area contributed by atoms with E-state index in [0.29, 0.717) is 18.0 Å². The van der Waals surface area contributed by atoms with E-state index in [4.69, 9.17) is 0 Å². The molecule has 3 heterocycles. The van der Waals surface area contributed by atoms with Crippen molar-refractivity contribution in [2.45, 2.75) is 76.4 Å². The van der Waals surface area contributed by atoms with Gasteiger partial charge in [-0.25, -0.2) is 0 Å². The Balaban J connectivity index is 1.65. The van der Waals surface area contributed by atoms with E-state index < -0.39 is 0 Å². The Labute approximate surface area is 129 Å². The van der Waals surface area contributed by atoms with Gasteiger partial charge in [0, 0.05) is 25.2 Å². The van der Waals surface area contributed by atoms with Crippen molar-refractivity contribution in [1.29, 1.82) is 0 Å². The van der Waals surface area contributed by atoms with Crippen LogP contribution in [0.15, 0.2) is 0 Å². The number of nitrogens with one attached hydrogen (secondary N) is 1. The Morgan fingerprint density at radius 1 is 1.00 bits per heavy atom. The van der Waals surface area contributed by atoms with E-state index in [1.54, 1.807) is 0 Å². The Hall–Kier alpha value is -0.610. The molecule has 3 aliphatic rings. The van der Waals surface area contributed by atoms with Crippen molar-refractivity contribution in [3.05, 3.63) is 0 Å². The highest BCUT2D eigenvalue weighted by Crippen LogP contribution is 2.27. The number of hydrogen-bond donors (Lipinski definition) is 1. The molecule has 3 rings (SSSR count). The van der Waals surface area contributed by atoms with Crippen LogP contribution in [0.4, 0.5) is 0 Å². The van der Waals surface area contributed by atoms with E-state index in [1.165, 1.54) is 51.4 Å². The second-order valence-corrected chi connectivity index (χ2v) is 7.07. The van der Waals surface area contributed by atoms with Crippen LogP contribution in [0.3, 0.4) is 0 Å². The van der Waals surface area contributed by atoms with Crippen LogP contribution in [0.2, 0.25) is 0 Å². The summed E-state index contributed by atoms with van der Waals surface area (Å²) in [6.45, 7) is 6.35. The molecule has 0 saturated carbocycles. The molecule has 0 aromatic heterocycles. The Morgan fingerprint density at radius 3 is 2.48 bits per heavy atom. The van der Waals surface area contributed by atoms with E-state index >= 15 is 0 Å². The quantitative estimate of drug-likeness (QED) is 0.864. The lowest BCUT2D eigenvalue weighted by Gasteiger charge is -2.43. The highest BCUT2D eigenvalue weighted by atomic mass is 16.2. The first kappa shape index (κ1) is 15.3. The number of hydrogen-bond acceptors (Lipinski definition) is 3. The van der Waals surface area contributed by atoms with Gasteiger partial charge in [0.05, 0.1) is 6.04 Å². The first-order valence-electron chi connectivity index (χ1n) is 9.05. The maximum atomic E-state index is 12.8. The largest absolute Gasteiger partial charge is 0.341 e. The van der Waals surface area contributed by atoms with E-state index in [2.05, 4.69) is 22.0 Å². The van der Waals surface area contributed by atoms with Gasteiger partial charge in [-0.2, -0.15) is 0 Å². The molecule has 4 heteroatoms. The Morgan fingerprint density at radius 2 is 1.76 bits per heavy atom. The van der Waals surface area contributed by atoms with Gasteiger partial charge in [0.15, 0.2) is 0 Å². The maximum Gasteiger partial charge on any atom is 0.239 e. The molecule has 0 aliphatic carbocycles. The van der Waals surface area contributed by atoms with Crippen LogP contribution < -0.4 is 5.32 Å². The molecule has 1 N–H and O–H groups in total. The summed E-state index contributed by atoms with van der Waals surface area (Å²) in [4.78, 5) is 17.5. The molecule has 3 fully saturated rings. The van der Waals surface area contributed by atoms with Crippen LogP contribution in [0.5, 0.6) is 0 Å². The molecule has 21 heavy (non-hydrogen) atoms. The summed E-state index contributed by atoms with van der Waals surface area (Å²) in [6, 6.07) is 1.25. The molecule has 4 nitrogen and oxygen atoms in total. The lowest BCUT2D eigenvalue weighted by Crippen LogP contribution is -2.58. The fourth-order valence-electron chi connectivity index (χ4n) is 4.45. The van der Waals surface area contributed by atoms with Gasteiger partial charge >= 0.3 is 0 Å². The van der Waals surface area contributed by atoms with Crippen LogP contribution in [-0.4, -0.2) is 60.0 Å². The fraction of sp³-hybridized carbons (Fsp3) is 0.941. The first-order valence-corrected chi connectivity index (χ1v) is 9.05. The van der Waals surface area contributed by atoms with Crippen molar-refractivity contribution in [3.63, 3.8) is 0 Å². The normalized spacial score (nSPS) is 33.1. The smallest absolute Gasteiger partial charge is 0.239 e. The van der Waals surface area contributed by atoms with Crippen molar-refractivity contribution >= 4 is 5.91 Å². The molecule has 3 aliphatic heterocycles. The third-order valence-corrected chi connectivity index (χ3v) is 5.68. The summed E-state index contributed by atoms with van der Waals surface area (Å²) in [5, 5.41) is 3.66. The summed E-state index contributed by atoms with van der Waals surface area (Å²) in [5.74, 6) is 0.375. The molecule has 0 radical (unpaired) electrons. The van der Waals surface area contributed by atoms with Gasteiger partial charge in [0.1, 0.15) is 0 Å². The third kappa shape index (κ3) is 3.42. The molecule has 0 aromatic carbocycles. The van der Waals surface area contributed by atoms with Gasteiger partial charge in [-0.15, -0.1) is 0 Å². The van der Waals surface area contributed by atoms with Crippen LogP contribution >= 0.6 is 0 Å². The highest BCUT2D eigenvalue weighted by Gasteiger charge is 2.37. The van der Waals surface area contributed by atoms with Gasteiger partial charge in [-0.3, -0.25) is 9.69 Å². The standard InChI is InChI=1S/C17H31N3O/c1-14(17(21)19-11-4-2-5-12-19)20-13-6-3-9-16(20)15-8-7-10-18-15/h14-16,18H,2-13H2,1H3. The van der Waals surface area contributed by atoms with Gasteiger partial charge in [0.2, 0.25) is 5.91 Å². The number of carbonyl (C=O) groups is 1. The minimum absolute atomic E-state index is 0.0656. The summed E-state index contributed by atoms with van der Waals surface area (Å²) >= 11 is 0. The van der Waals surface area contributed by atoms with Crippen LogP contribution in [-0.2, 0) is 4.79 Å². The number of amides is 1. The summed E-state index contributed by atoms with van der Waals surface area (Å²) in [6.07, 6.45) is 10.1. The number of likely N-dealkylation sites (tertiary alicyclic amines) is 2.